The Morgan fingerprint density at radius 2 is 1.84 bits per heavy atom. The number of nitrogens with one attached hydrogen (secondary N) is 3. The third-order valence-electron chi connectivity index (χ3n) is 3.86. The number of ether oxygens (including phenoxy) is 2. The lowest BCUT2D eigenvalue weighted by molar-refractivity contribution is -0.906. The lowest BCUT2D eigenvalue weighted by atomic mass is 10.3. The molecule has 0 unspecified atom stereocenters. The normalized spacial score (nSPS) is 15.0. The van der Waals surface area contributed by atoms with Gasteiger partial charge in [-0.25, -0.2) is 0 Å². The Morgan fingerprint density at radius 1 is 1.12 bits per heavy atom. The van der Waals surface area contributed by atoms with Crippen LogP contribution in [0.5, 0.6) is 6.01 Å². The minimum Gasteiger partial charge on any atom is -0.467 e. The molecule has 1 aliphatic heterocycles. The van der Waals surface area contributed by atoms with Crippen molar-refractivity contribution in [1.29, 1.82) is 0 Å². The summed E-state index contributed by atoms with van der Waals surface area (Å²) in [5, 5.41) is 6.44. The Kier molecular flexibility index (Phi) is 6.59. The molecular formula is C16H22IN6O2+. The van der Waals surface area contributed by atoms with E-state index in [1.807, 2.05) is 24.3 Å². The second-order valence-corrected chi connectivity index (χ2v) is 6.89. The maximum atomic E-state index is 5.37. The number of nitrogens with zero attached hydrogens (tertiary/aromatic N) is 3. The Balaban J connectivity index is 1.61. The quantitative estimate of drug-likeness (QED) is 0.524. The summed E-state index contributed by atoms with van der Waals surface area (Å²) < 4.78 is 11.7. The Labute approximate surface area is 160 Å². The first-order valence-corrected chi connectivity index (χ1v) is 9.28. The molecule has 0 radical (unpaired) electrons. The fraction of sp³-hybridized carbons (Fsp3) is 0.438. The lowest BCUT2D eigenvalue weighted by Crippen LogP contribution is -3.14. The molecule has 0 spiro atoms. The van der Waals surface area contributed by atoms with Crippen molar-refractivity contribution in [3.8, 4) is 6.01 Å². The molecule has 1 aromatic carbocycles. The summed E-state index contributed by atoms with van der Waals surface area (Å²) in [6.45, 7) is 5.53. The molecule has 0 saturated carbocycles. The molecule has 0 atom stereocenters. The van der Waals surface area contributed by atoms with Crippen LogP contribution in [0.2, 0.25) is 0 Å². The van der Waals surface area contributed by atoms with Gasteiger partial charge in [-0.3, -0.25) is 0 Å². The number of hydrogen-bond donors (Lipinski definition) is 3. The van der Waals surface area contributed by atoms with Gasteiger partial charge in [-0.1, -0.05) is 0 Å². The number of aromatic nitrogens is 3. The number of rotatable bonds is 7. The summed E-state index contributed by atoms with van der Waals surface area (Å²) in [7, 11) is 1.55. The van der Waals surface area contributed by atoms with E-state index in [1.165, 1.54) is 8.47 Å². The highest BCUT2D eigenvalue weighted by atomic mass is 127. The fourth-order valence-corrected chi connectivity index (χ4v) is 2.87. The van der Waals surface area contributed by atoms with E-state index in [2.05, 4.69) is 48.2 Å². The van der Waals surface area contributed by atoms with Crippen LogP contribution in [0.15, 0.2) is 24.3 Å². The molecular weight excluding hydrogens is 435 g/mol. The molecule has 2 heterocycles. The lowest BCUT2D eigenvalue weighted by Gasteiger charge is -2.23. The van der Waals surface area contributed by atoms with Gasteiger partial charge in [0.2, 0.25) is 11.9 Å². The topological polar surface area (TPSA) is 85.6 Å². The smallest absolute Gasteiger partial charge is 0.322 e. The Morgan fingerprint density at radius 3 is 2.56 bits per heavy atom. The summed E-state index contributed by atoms with van der Waals surface area (Å²) in [5.74, 6) is 0.960. The highest BCUT2D eigenvalue weighted by Crippen LogP contribution is 2.17. The van der Waals surface area contributed by atoms with Crippen molar-refractivity contribution >= 4 is 40.2 Å². The zero-order chi connectivity index (χ0) is 17.5. The standard InChI is InChI=1S/C16H21IN6O2/c1-24-16-21-14(18-6-7-23-8-10-25-11-9-23)20-15(22-16)19-13-4-2-12(17)3-5-13/h2-5H,6-11H2,1H3,(H2,18,19,20,21,22)/p+1. The average Bonchev–Trinajstić information content (AvgIpc) is 2.64. The number of benzene rings is 1. The van der Waals surface area contributed by atoms with E-state index in [4.69, 9.17) is 9.47 Å². The number of hydrogen-bond acceptors (Lipinski definition) is 7. The summed E-state index contributed by atoms with van der Waals surface area (Å²) >= 11 is 2.27. The van der Waals surface area contributed by atoms with E-state index < -0.39 is 0 Å². The van der Waals surface area contributed by atoms with E-state index in [1.54, 1.807) is 7.11 Å². The van der Waals surface area contributed by atoms with Crippen LogP contribution in [-0.4, -0.2) is 61.5 Å². The van der Waals surface area contributed by atoms with Crippen molar-refractivity contribution in [1.82, 2.24) is 15.0 Å². The van der Waals surface area contributed by atoms with E-state index in [-0.39, 0.29) is 6.01 Å². The van der Waals surface area contributed by atoms with Crippen molar-refractivity contribution in [2.45, 2.75) is 0 Å². The van der Waals surface area contributed by atoms with Gasteiger partial charge >= 0.3 is 6.01 Å². The number of anilines is 3. The minimum absolute atomic E-state index is 0.282. The van der Waals surface area contributed by atoms with E-state index in [0.717, 1.165) is 45.1 Å². The van der Waals surface area contributed by atoms with Crippen molar-refractivity contribution in [2.75, 3.05) is 57.1 Å². The summed E-state index contributed by atoms with van der Waals surface area (Å²) in [4.78, 5) is 14.5. The highest BCUT2D eigenvalue weighted by molar-refractivity contribution is 14.1. The van der Waals surface area contributed by atoms with Crippen LogP contribution in [-0.2, 0) is 4.74 Å². The average molecular weight is 457 g/mol. The largest absolute Gasteiger partial charge is 0.467 e. The third-order valence-corrected chi connectivity index (χ3v) is 4.58. The Bertz CT molecular complexity index is 679. The maximum absolute atomic E-state index is 5.37. The van der Waals surface area contributed by atoms with Gasteiger partial charge in [-0.15, -0.1) is 0 Å². The van der Waals surface area contributed by atoms with Gasteiger partial charge in [0.15, 0.2) is 0 Å². The molecule has 8 nitrogen and oxygen atoms in total. The zero-order valence-electron chi connectivity index (χ0n) is 14.1. The third kappa shape index (κ3) is 5.65. The second kappa shape index (κ2) is 9.11. The van der Waals surface area contributed by atoms with Crippen molar-refractivity contribution < 1.29 is 14.4 Å². The fourth-order valence-electron chi connectivity index (χ4n) is 2.51. The van der Waals surface area contributed by atoms with Crippen LogP contribution < -0.4 is 20.3 Å². The molecule has 0 amide bonds. The number of methoxy groups -OCH3 is 1. The second-order valence-electron chi connectivity index (χ2n) is 5.64. The molecule has 3 N–H and O–H groups in total. The van der Waals surface area contributed by atoms with Gasteiger partial charge in [-0.2, -0.15) is 15.0 Å². The predicted molar refractivity (Wildman–Crippen MR) is 104 cm³/mol. The van der Waals surface area contributed by atoms with E-state index >= 15 is 0 Å². The van der Waals surface area contributed by atoms with Crippen LogP contribution in [0.3, 0.4) is 0 Å². The maximum Gasteiger partial charge on any atom is 0.322 e. The van der Waals surface area contributed by atoms with Crippen molar-refractivity contribution in [2.24, 2.45) is 0 Å². The predicted octanol–water partition coefficient (Wildman–Crippen LogP) is 0.555. The summed E-state index contributed by atoms with van der Waals surface area (Å²) in [6, 6.07) is 8.28. The van der Waals surface area contributed by atoms with Gasteiger partial charge in [0, 0.05) is 9.26 Å². The first-order chi connectivity index (χ1) is 12.2. The number of morpholine rings is 1. The molecule has 1 aromatic heterocycles. The minimum atomic E-state index is 0.282. The van der Waals surface area contributed by atoms with Gasteiger partial charge in [-0.05, 0) is 46.9 Å². The SMILES string of the molecule is COc1nc(NCC[NH+]2CCOCC2)nc(Nc2ccc(I)cc2)n1. The molecule has 1 aliphatic rings. The Hall–Kier alpha value is -1.72. The molecule has 0 bridgehead atoms. The van der Waals surface area contributed by atoms with Gasteiger partial charge in [0.05, 0.1) is 33.4 Å². The number of halogens is 1. The molecule has 0 aliphatic carbocycles. The van der Waals surface area contributed by atoms with Crippen LogP contribution in [0.4, 0.5) is 17.6 Å². The zero-order valence-corrected chi connectivity index (χ0v) is 16.2. The number of quaternary nitrogens is 1. The molecule has 134 valence electrons. The van der Waals surface area contributed by atoms with Crippen LogP contribution >= 0.6 is 22.6 Å². The first kappa shape index (κ1) is 18.1. The summed E-state index contributed by atoms with van der Waals surface area (Å²) in [5.41, 5.74) is 0.914. The van der Waals surface area contributed by atoms with Crippen LogP contribution in [0.1, 0.15) is 0 Å². The highest BCUT2D eigenvalue weighted by Gasteiger charge is 2.13. The van der Waals surface area contributed by atoms with Gasteiger partial charge in [0.25, 0.3) is 0 Å². The van der Waals surface area contributed by atoms with Crippen LogP contribution in [0.25, 0.3) is 0 Å². The van der Waals surface area contributed by atoms with E-state index in [0.29, 0.717) is 11.9 Å². The van der Waals surface area contributed by atoms with Crippen molar-refractivity contribution in [3.63, 3.8) is 0 Å². The monoisotopic (exact) mass is 457 g/mol. The van der Waals surface area contributed by atoms with Crippen molar-refractivity contribution in [3.05, 3.63) is 27.8 Å². The van der Waals surface area contributed by atoms with Gasteiger partial charge in [0.1, 0.15) is 13.1 Å². The molecule has 25 heavy (non-hydrogen) atoms. The molecule has 2 aromatic rings. The first-order valence-electron chi connectivity index (χ1n) is 8.21. The molecule has 3 rings (SSSR count). The summed E-state index contributed by atoms with van der Waals surface area (Å²) in [6.07, 6.45) is 0. The van der Waals surface area contributed by atoms with Gasteiger partial charge < -0.3 is 25.0 Å². The molecule has 9 heteroatoms. The van der Waals surface area contributed by atoms with E-state index in [9.17, 15) is 0 Å². The molecule has 1 saturated heterocycles. The molecule has 1 fully saturated rings. The van der Waals surface area contributed by atoms with Crippen LogP contribution in [0, 0.1) is 3.57 Å².